The van der Waals surface area contributed by atoms with E-state index in [0.717, 1.165) is 11.8 Å². The molecule has 0 aromatic heterocycles. The molecule has 1 aliphatic carbocycles. The lowest BCUT2D eigenvalue weighted by molar-refractivity contribution is 0.184. The van der Waals surface area contributed by atoms with E-state index in [1.54, 1.807) is 0 Å². The molecule has 1 saturated carbocycles. The lowest BCUT2D eigenvalue weighted by atomic mass is 9.86. The molecule has 0 amide bonds. The van der Waals surface area contributed by atoms with Crippen molar-refractivity contribution >= 4 is 0 Å². The average molecular weight is 212 g/mol. The van der Waals surface area contributed by atoms with Crippen LogP contribution in [0.25, 0.3) is 0 Å². The molecule has 0 spiro atoms. The van der Waals surface area contributed by atoms with Gasteiger partial charge in [-0.15, -0.1) is 0 Å². The van der Waals surface area contributed by atoms with E-state index in [2.05, 4.69) is 25.7 Å². The fourth-order valence-corrected chi connectivity index (χ4v) is 2.71. The fourth-order valence-electron chi connectivity index (χ4n) is 2.71. The summed E-state index contributed by atoms with van der Waals surface area (Å²) in [4.78, 5) is 2.59. The van der Waals surface area contributed by atoms with Gasteiger partial charge in [-0.3, -0.25) is 0 Å². The molecule has 2 atom stereocenters. The first-order valence-electron chi connectivity index (χ1n) is 6.59. The van der Waals surface area contributed by atoms with Crippen LogP contribution < -0.4 is 5.73 Å². The number of hydrogen-bond donors (Lipinski definition) is 1. The lowest BCUT2D eigenvalue weighted by Crippen LogP contribution is -2.37. The third-order valence-corrected chi connectivity index (χ3v) is 3.41. The monoisotopic (exact) mass is 212 g/mol. The molecule has 2 unspecified atom stereocenters. The second-order valence-corrected chi connectivity index (χ2v) is 5.54. The van der Waals surface area contributed by atoms with Crippen molar-refractivity contribution in [2.24, 2.45) is 17.6 Å². The zero-order valence-corrected chi connectivity index (χ0v) is 10.7. The molecule has 1 aliphatic rings. The normalized spacial score (nSPS) is 27.6. The van der Waals surface area contributed by atoms with Crippen molar-refractivity contribution in [1.29, 1.82) is 0 Å². The van der Waals surface area contributed by atoms with Gasteiger partial charge in [0.2, 0.25) is 0 Å². The van der Waals surface area contributed by atoms with Gasteiger partial charge in [0, 0.05) is 19.1 Å². The van der Waals surface area contributed by atoms with Crippen LogP contribution in [0, 0.1) is 11.8 Å². The second kappa shape index (κ2) is 6.49. The van der Waals surface area contributed by atoms with Crippen molar-refractivity contribution in [3.8, 4) is 0 Å². The van der Waals surface area contributed by atoms with Crippen LogP contribution in [0.15, 0.2) is 0 Å². The van der Waals surface area contributed by atoms with Gasteiger partial charge < -0.3 is 10.6 Å². The van der Waals surface area contributed by atoms with E-state index in [1.165, 1.54) is 45.3 Å². The highest BCUT2D eigenvalue weighted by molar-refractivity contribution is 4.77. The van der Waals surface area contributed by atoms with Crippen LogP contribution in [-0.4, -0.2) is 30.6 Å². The molecule has 0 bridgehead atoms. The van der Waals surface area contributed by atoms with Crippen molar-refractivity contribution in [2.45, 2.75) is 52.5 Å². The predicted molar refractivity (Wildman–Crippen MR) is 66.9 cm³/mol. The van der Waals surface area contributed by atoms with Crippen LogP contribution in [0.2, 0.25) is 0 Å². The molecule has 2 N–H and O–H groups in total. The first-order valence-corrected chi connectivity index (χ1v) is 6.59. The fraction of sp³-hybridized carbons (Fsp3) is 1.00. The zero-order chi connectivity index (χ0) is 11.3. The minimum atomic E-state index is 0.474. The smallest absolute Gasteiger partial charge is 0.00419 e. The number of hydrogen-bond acceptors (Lipinski definition) is 2. The molecule has 0 aromatic rings. The Bertz CT molecular complexity index is 166. The number of nitrogens with zero attached hydrogens (tertiary/aromatic N) is 1. The Morgan fingerprint density at radius 2 is 2.07 bits per heavy atom. The summed E-state index contributed by atoms with van der Waals surface area (Å²) in [7, 11) is 0. The molecule has 0 aromatic carbocycles. The Balaban J connectivity index is 2.30. The lowest BCUT2D eigenvalue weighted by Gasteiger charge is -2.32. The third kappa shape index (κ3) is 4.98. The summed E-state index contributed by atoms with van der Waals surface area (Å²) < 4.78 is 0. The number of rotatable bonds is 5. The highest BCUT2D eigenvalue weighted by Gasteiger charge is 2.21. The topological polar surface area (TPSA) is 29.3 Å². The van der Waals surface area contributed by atoms with E-state index in [4.69, 9.17) is 5.73 Å². The van der Waals surface area contributed by atoms with Crippen molar-refractivity contribution in [3.63, 3.8) is 0 Å². The maximum absolute atomic E-state index is 6.03. The highest BCUT2D eigenvalue weighted by atomic mass is 15.1. The molecule has 0 radical (unpaired) electrons. The first kappa shape index (κ1) is 13.0. The third-order valence-electron chi connectivity index (χ3n) is 3.41. The summed E-state index contributed by atoms with van der Waals surface area (Å²) in [6.07, 6.45) is 5.22. The molecule has 0 aliphatic heterocycles. The quantitative estimate of drug-likeness (QED) is 0.758. The Kier molecular flexibility index (Phi) is 5.62. The van der Waals surface area contributed by atoms with Gasteiger partial charge in [0.05, 0.1) is 0 Å². The molecule has 15 heavy (non-hydrogen) atoms. The molecule has 2 heteroatoms. The molecule has 1 fully saturated rings. The molecule has 0 heterocycles. The van der Waals surface area contributed by atoms with Crippen LogP contribution in [0.4, 0.5) is 0 Å². The van der Waals surface area contributed by atoms with Gasteiger partial charge >= 0.3 is 0 Å². The molecule has 90 valence electrons. The van der Waals surface area contributed by atoms with Crippen molar-refractivity contribution < 1.29 is 0 Å². The SMILES string of the molecule is CCN(CC(C)C)CC1CCCC(N)C1. The van der Waals surface area contributed by atoms with Gasteiger partial charge in [0.1, 0.15) is 0 Å². The van der Waals surface area contributed by atoms with Crippen LogP contribution in [-0.2, 0) is 0 Å². The Morgan fingerprint density at radius 3 is 2.60 bits per heavy atom. The average Bonchev–Trinajstić information content (AvgIpc) is 2.16. The van der Waals surface area contributed by atoms with Gasteiger partial charge in [-0.05, 0) is 37.6 Å². The predicted octanol–water partition coefficient (Wildman–Crippen LogP) is 2.48. The summed E-state index contributed by atoms with van der Waals surface area (Å²) in [5.41, 5.74) is 6.03. The van der Waals surface area contributed by atoms with Crippen molar-refractivity contribution in [3.05, 3.63) is 0 Å². The second-order valence-electron chi connectivity index (χ2n) is 5.54. The molecular weight excluding hydrogens is 184 g/mol. The zero-order valence-electron chi connectivity index (χ0n) is 10.7. The van der Waals surface area contributed by atoms with E-state index >= 15 is 0 Å². The maximum Gasteiger partial charge on any atom is 0.00419 e. The Hall–Kier alpha value is -0.0800. The van der Waals surface area contributed by atoms with Gasteiger partial charge in [-0.2, -0.15) is 0 Å². The van der Waals surface area contributed by atoms with Gasteiger partial charge in [0.25, 0.3) is 0 Å². The number of nitrogens with two attached hydrogens (primary N) is 1. The summed E-state index contributed by atoms with van der Waals surface area (Å²) >= 11 is 0. The Labute approximate surface area is 95.2 Å². The van der Waals surface area contributed by atoms with Gasteiger partial charge in [-0.1, -0.05) is 27.2 Å². The van der Waals surface area contributed by atoms with Crippen LogP contribution in [0.1, 0.15) is 46.5 Å². The van der Waals surface area contributed by atoms with Crippen LogP contribution in [0.5, 0.6) is 0 Å². The molecule has 0 saturated heterocycles. The molecular formula is C13H28N2. The Morgan fingerprint density at radius 1 is 1.33 bits per heavy atom. The van der Waals surface area contributed by atoms with Crippen molar-refractivity contribution in [2.75, 3.05) is 19.6 Å². The summed E-state index contributed by atoms with van der Waals surface area (Å²) in [5.74, 6) is 1.63. The molecule has 2 nitrogen and oxygen atoms in total. The van der Waals surface area contributed by atoms with Crippen molar-refractivity contribution in [1.82, 2.24) is 4.90 Å². The largest absolute Gasteiger partial charge is 0.328 e. The van der Waals surface area contributed by atoms with Gasteiger partial charge in [-0.25, -0.2) is 0 Å². The van der Waals surface area contributed by atoms with E-state index in [0.29, 0.717) is 6.04 Å². The highest BCUT2D eigenvalue weighted by Crippen LogP contribution is 2.24. The maximum atomic E-state index is 6.03. The van der Waals surface area contributed by atoms with Crippen LogP contribution in [0.3, 0.4) is 0 Å². The standard InChI is InChI=1S/C13H28N2/c1-4-15(9-11(2)3)10-12-6-5-7-13(14)8-12/h11-13H,4-10,14H2,1-3H3. The van der Waals surface area contributed by atoms with E-state index in [1.807, 2.05) is 0 Å². The summed E-state index contributed by atoms with van der Waals surface area (Å²) in [6.45, 7) is 10.6. The first-order chi connectivity index (χ1) is 7.11. The van der Waals surface area contributed by atoms with Crippen LogP contribution >= 0.6 is 0 Å². The minimum absolute atomic E-state index is 0.474. The van der Waals surface area contributed by atoms with E-state index in [-0.39, 0.29) is 0 Å². The summed E-state index contributed by atoms with van der Waals surface area (Å²) in [5, 5.41) is 0. The molecule has 1 rings (SSSR count). The minimum Gasteiger partial charge on any atom is -0.328 e. The van der Waals surface area contributed by atoms with E-state index in [9.17, 15) is 0 Å². The van der Waals surface area contributed by atoms with Gasteiger partial charge in [0.15, 0.2) is 0 Å². The summed E-state index contributed by atoms with van der Waals surface area (Å²) in [6, 6.07) is 0.474. The van der Waals surface area contributed by atoms with E-state index < -0.39 is 0 Å².